The summed E-state index contributed by atoms with van der Waals surface area (Å²) in [6, 6.07) is 7.77. The molecule has 5 aromatic rings. The fraction of sp³-hybridized carbons (Fsp3) is 0.318. The molecule has 162 valence electrons. The molecule has 0 radical (unpaired) electrons. The van der Waals surface area contributed by atoms with E-state index in [2.05, 4.69) is 20.6 Å². The molecule has 0 atom stereocenters. The van der Waals surface area contributed by atoms with Crippen LogP contribution in [0.3, 0.4) is 0 Å². The summed E-state index contributed by atoms with van der Waals surface area (Å²) in [7, 11) is 0. The van der Waals surface area contributed by atoms with Gasteiger partial charge in [0.1, 0.15) is 10.7 Å². The highest BCUT2D eigenvalue weighted by Crippen LogP contribution is 2.39. The maximum atomic E-state index is 12.6. The van der Waals surface area contributed by atoms with Crippen LogP contribution >= 0.6 is 23.1 Å². The number of thiophene rings is 1. The lowest BCUT2D eigenvalue weighted by Crippen LogP contribution is -2.15. The Hall–Kier alpha value is -2.98. The number of carbonyl (C=O) groups is 1. The molecule has 32 heavy (non-hydrogen) atoms. The van der Waals surface area contributed by atoms with Crippen LogP contribution < -0.4 is 5.32 Å². The van der Waals surface area contributed by atoms with Gasteiger partial charge in [0.05, 0.1) is 11.1 Å². The van der Waals surface area contributed by atoms with Crippen molar-refractivity contribution >= 4 is 56.3 Å². The summed E-state index contributed by atoms with van der Waals surface area (Å²) in [5, 5.41) is 18.3. The Morgan fingerprint density at radius 1 is 1.19 bits per heavy atom. The van der Waals surface area contributed by atoms with Gasteiger partial charge in [0.2, 0.25) is 5.91 Å². The molecule has 0 aliphatic heterocycles. The zero-order chi connectivity index (χ0) is 21.8. The van der Waals surface area contributed by atoms with Gasteiger partial charge in [0.15, 0.2) is 10.8 Å². The molecule has 1 aliphatic rings. The Morgan fingerprint density at radius 2 is 2.03 bits per heavy atom. The average molecular weight is 464 g/mol. The summed E-state index contributed by atoms with van der Waals surface area (Å²) in [5.41, 5.74) is 4.11. The van der Waals surface area contributed by atoms with Crippen molar-refractivity contribution in [1.82, 2.24) is 29.2 Å². The Morgan fingerprint density at radius 3 is 2.91 bits per heavy atom. The van der Waals surface area contributed by atoms with Crippen LogP contribution in [0.2, 0.25) is 0 Å². The van der Waals surface area contributed by atoms with Crippen LogP contribution in [0.5, 0.6) is 0 Å². The van der Waals surface area contributed by atoms with Gasteiger partial charge in [-0.2, -0.15) is 4.52 Å². The van der Waals surface area contributed by atoms with Crippen LogP contribution in [0.25, 0.3) is 21.6 Å². The number of amides is 1. The van der Waals surface area contributed by atoms with E-state index in [9.17, 15) is 4.79 Å². The predicted molar refractivity (Wildman–Crippen MR) is 127 cm³/mol. The van der Waals surface area contributed by atoms with Crippen molar-refractivity contribution in [3.05, 3.63) is 46.1 Å². The molecule has 1 aromatic carbocycles. The predicted octanol–water partition coefficient (Wildman–Crippen LogP) is 4.21. The first-order valence-corrected chi connectivity index (χ1v) is 12.4. The van der Waals surface area contributed by atoms with E-state index in [4.69, 9.17) is 4.98 Å². The van der Waals surface area contributed by atoms with Crippen molar-refractivity contribution < 1.29 is 4.79 Å². The van der Waals surface area contributed by atoms with Crippen molar-refractivity contribution in [3.63, 3.8) is 0 Å². The first-order valence-electron chi connectivity index (χ1n) is 10.6. The number of rotatable bonds is 4. The van der Waals surface area contributed by atoms with E-state index >= 15 is 0 Å². The van der Waals surface area contributed by atoms with Crippen LogP contribution in [0.15, 0.2) is 29.4 Å². The number of fused-ring (bicyclic) bond motifs is 8. The molecule has 0 bridgehead atoms. The third-order valence-electron chi connectivity index (χ3n) is 5.85. The molecule has 4 heterocycles. The van der Waals surface area contributed by atoms with E-state index in [0.717, 1.165) is 40.0 Å². The van der Waals surface area contributed by atoms with Gasteiger partial charge in [0.25, 0.3) is 5.78 Å². The third kappa shape index (κ3) is 3.08. The van der Waals surface area contributed by atoms with Gasteiger partial charge in [-0.3, -0.25) is 4.79 Å². The van der Waals surface area contributed by atoms with E-state index < -0.39 is 0 Å². The van der Waals surface area contributed by atoms with Crippen molar-refractivity contribution in [2.75, 3.05) is 11.1 Å². The Bertz CT molecular complexity index is 1510. The zero-order valence-electron chi connectivity index (χ0n) is 17.8. The highest BCUT2D eigenvalue weighted by atomic mass is 32.2. The SMILES string of the molecule is Cc1nc2c3c4c(sc3n3c(SCC(=O)Nc5ccccc5C)nnc3n2n1)CCCC4. The molecule has 6 rings (SSSR count). The number of hydrogen-bond donors (Lipinski definition) is 1. The molecule has 0 spiro atoms. The monoisotopic (exact) mass is 463 g/mol. The molecule has 0 saturated heterocycles. The molecule has 0 fully saturated rings. The van der Waals surface area contributed by atoms with Gasteiger partial charge in [-0.15, -0.1) is 26.6 Å². The lowest BCUT2D eigenvalue weighted by atomic mass is 9.97. The van der Waals surface area contributed by atoms with Crippen LogP contribution in [-0.4, -0.2) is 40.9 Å². The molecule has 10 heteroatoms. The van der Waals surface area contributed by atoms with Gasteiger partial charge in [-0.1, -0.05) is 30.0 Å². The van der Waals surface area contributed by atoms with Crippen LogP contribution in [0.1, 0.15) is 34.7 Å². The standard InChI is InChI=1S/C22H21N7OS2/c1-12-7-3-5-9-15(12)24-17(30)11-31-22-26-25-21-28(22)20-18(19-23-13(2)27-29(19)21)14-8-4-6-10-16(14)32-20/h3,5,7,9H,4,6,8,10-11H2,1-2H3,(H,24,30). The molecule has 0 unspecified atom stereocenters. The Kier molecular flexibility index (Phi) is 4.65. The van der Waals surface area contributed by atoms with E-state index in [-0.39, 0.29) is 11.7 Å². The summed E-state index contributed by atoms with van der Waals surface area (Å²) in [5.74, 6) is 1.52. The summed E-state index contributed by atoms with van der Waals surface area (Å²) < 4.78 is 3.84. The first kappa shape index (κ1) is 19.7. The Balaban J connectivity index is 1.42. The summed E-state index contributed by atoms with van der Waals surface area (Å²) in [4.78, 5) is 19.9. The molecule has 0 saturated carbocycles. The number of para-hydroxylation sites is 1. The number of hydrogen-bond acceptors (Lipinski definition) is 7. The molecular formula is C22H21N7OS2. The minimum Gasteiger partial charge on any atom is -0.325 e. The smallest absolute Gasteiger partial charge is 0.260 e. The van der Waals surface area contributed by atoms with Crippen molar-refractivity contribution in [2.45, 2.75) is 44.7 Å². The number of nitrogens with zero attached hydrogens (tertiary/aromatic N) is 6. The lowest BCUT2D eigenvalue weighted by molar-refractivity contribution is -0.113. The average Bonchev–Trinajstić information content (AvgIpc) is 3.47. The van der Waals surface area contributed by atoms with E-state index in [1.165, 1.54) is 35.0 Å². The second kappa shape index (κ2) is 7.56. The second-order valence-electron chi connectivity index (χ2n) is 8.06. The van der Waals surface area contributed by atoms with E-state index in [1.807, 2.05) is 42.5 Å². The summed E-state index contributed by atoms with van der Waals surface area (Å²) in [6.07, 6.45) is 4.57. The van der Waals surface area contributed by atoms with Gasteiger partial charge in [-0.25, -0.2) is 9.38 Å². The van der Waals surface area contributed by atoms with Gasteiger partial charge >= 0.3 is 0 Å². The van der Waals surface area contributed by atoms with E-state index in [1.54, 1.807) is 15.9 Å². The quantitative estimate of drug-likeness (QED) is 0.402. The summed E-state index contributed by atoms with van der Waals surface area (Å²) >= 11 is 3.19. The maximum Gasteiger partial charge on any atom is 0.260 e. The molecule has 8 nitrogen and oxygen atoms in total. The Labute approximate surface area is 192 Å². The lowest BCUT2D eigenvalue weighted by Gasteiger charge is -2.10. The number of thioether (sulfide) groups is 1. The minimum absolute atomic E-state index is 0.0690. The van der Waals surface area contributed by atoms with Gasteiger partial charge < -0.3 is 5.32 Å². The largest absolute Gasteiger partial charge is 0.325 e. The van der Waals surface area contributed by atoms with Crippen LogP contribution in [0, 0.1) is 13.8 Å². The minimum atomic E-state index is -0.0690. The number of benzene rings is 1. The number of aryl methyl sites for hydroxylation is 4. The van der Waals surface area contributed by atoms with Gasteiger partial charge in [0, 0.05) is 10.6 Å². The maximum absolute atomic E-state index is 12.6. The zero-order valence-corrected chi connectivity index (χ0v) is 19.4. The number of nitrogens with one attached hydrogen (secondary N) is 1. The van der Waals surface area contributed by atoms with E-state index in [0.29, 0.717) is 16.8 Å². The van der Waals surface area contributed by atoms with Crippen molar-refractivity contribution in [3.8, 4) is 0 Å². The topological polar surface area (TPSA) is 89.5 Å². The number of anilines is 1. The van der Waals surface area contributed by atoms with Crippen LogP contribution in [-0.2, 0) is 17.6 Å². The number of carbonyl (C=O) groups excluding carboxylic acids is 1. The molecule has 4 aromatic heterocycles. The third-order valence-corrected chi connectivity index (χ3v) is 8.06. The first-order chi connectivity index (χ1) is 15.6. The van der Waals surface area contributed by atoms with Crippen molar-refractivity contribution in [2.24, 2.45) is 0 Å². The fourth-order valence-electron chi connectivity index (χ4n) is 4.36. The highest BCUT2D eigenvalue weighted by Gasteiger charge is 2.25. The molecule has 1 N–H and O–H groups in total. The molecule has 1 aliphatic carbocycles. The summed E-state index contributed by atoms with van der Waals surface area (Å²) in [6.45, 7) is 3.88. The van der Waals surface area contributed by atoms with Crippen molar-refractivity contribution in [1.29, 1.82) is 0 Å². The number of aromatic nitrogens is 6. The highest BCUT2D eigenvalue weighted by molar-refractivity contribution is 7.99. The fourth-order valence-corrected chi connectivity index (χ4v) is 6.53. The normalized spacial score (nSPS) is 13.8. The molecule has 1 amide bonds. The van der Waals surface area contributed by atoms with Crippen LogP contribution in [0.4, 0.5) is 5.69 Å². The molecular weight excluding hydrogens is 442 g/mol. The van der Waals surface area contributed by atoms with Gasteiger partial charge in [-0.05, 0) is 56.7 Å². The second-order valence-corrected chi connectivity index (χ2v) is 10.1.